The molecule has 1 saturated carbocycles. The summed E-state index contributed by atoms with van der Waals surface area (Å²) in [6.07, 6.45) is 8.44. The van der Waals surface area contributed by atoms with Gasteiger partial charge in [0.1, 0.15) is 6.33 Å². The molecule has 1 fully saturated rings. The molecule has 2 N–H and O–H groups in total. The first-order valence-corrected chi connectivity index (χ1v) is 7.53. The maximum Gasteiger partial charge on any atom is 0.237 e. The third-order valence-electron chi connectivity index (χ3n) is 3.79. The summed E-state index contributed by atoms with van der Waals surface area (Å²) in [4.78, 5) is 16.2. The Morgan fingerprint density at radius 2 is 2.20 bits per heavy atom. The highest BCUT2D eigenvalue weighted by atomic mass is 16.2. The molecule has 1 heterocycles. The van der Waals surface area contributed by atoms with Gasteiger partial charge in [-0.3, -0.25) is 9.48 Å². The summed E-state index contributed by atoms with van der Waals surface area (Å²) in [5.41, 5.74) is 0. The summed E-state index contributed by atoms with van der Waals surface area (Å²) in [5, 5.41) is 10.6. The molecule has 0 radical (unpaired) electrons. The van der Waals surface area contributed by atoms with E-state index in [2.05, 4.69) is 20.7 Å². The van der Waals surface area contributed by atoms with Gasteiger partial charge in [0.2, 0.25) is 5.91 Å². The molecule has 0 saturated heterocycles. The molecule has 1 unspecified atom stereocenters. The number of rotatable bonds is 6. The van der Waals surface area contributed by atoms with Crippen LogP contribution in [-0.4, -0.2) is 39.3 Å². The molecule has 0 spiro atoms. The van der Waals surface area contributed by atoms with Crippen LogP contribution >= 0.6 is 0 Å². The Balaban J connectivity index is 1.65. The first-order chi connectivity index (χ1) is 9.65. The Bertz CT molecular complexity index is 425. The van der Waals surface area contributed by atoms with Gasteiger partial charge < -0.3 is 10.6 Å². The molecule has 1 aliphatic rings. The van der Waals surface area contributed by atoms with Crippen molar-refractivity contribution in [1.82, 2.24) is 25.4 Å². The van der Waals surface area contributed by atoms with Crippen molar-refractivity contribution >= 4 is 5.91 Å². The molecular formula is C14H25N5O. The fourth-order valence-electron chi connectivity index (χ4n) is 2.56. The van der Waals surface area contributed by atoms with Crippen molar-refractivity contribution < 1.29 is 4.79 Å². The van der Waals surface area contributed by atoms with Crippen LogP contribution in [0.15, 0.2) is 6.33 Å². The van der Waals surface area contributed by atoms with Crippen molar-refractivity contribution in [1.29, 1.82) is 0 Å². The number of nitrogens with one attached hydrogen (secondary N) is 2. The van der Waals surface area contributed by atoms with E-state index in [0.717, 1.165) is 25.1 Å². The number of aromatic nitrogens is 3. The second kappa shape index (κ2) is 7.38. The van der Waals surface area contributed by atoms with Gasteiger partial charge in [0.05, 0.1) is 6.04 Å². The smallest absolute Gasteiger partial charge is 0.237 e. The maximum absolute atomic E-state index is 12.0. The van der Waals surface area contributed by atoms with Crippen LogP contribution in [0, 0.1) is 0 Å². The van der Waals surface area contributed by atoms with Gasteiger partial charge in [0.25, 0.3) is 0 Å². The van der Waals surface area contributed by atoms with Crippen molar-refractivity contribution in [2.75, 3.05) is 6.54 Å². The molecule has 1 aliphatic carbocycles. The molecule has 1 amide bonds. The van der Waals surface area contributed by atoms with Gasteiger partial charge in [-0.15, -0.1) is 0 Å². The number of hydrogen-bond acceptors (Lipinski definition) is 4. The highest BCUT2D eigenvalue weighted by Gasteiger charge is 2.19. The van der Waals surface area contributed by atoms with E-state index >= 15 is 0 Å². The zero-order valence-corrected chi connectivity index (χ0v) is 12.4. The Morgan fingerprint density at radius 1 is 1.45 bits per heavy atom. The lowest BCUT2D eigenvalue weighted by Crippen LogP contribution is -2.47. The van der Waals surface area contributed by atoms with Gasteiger partial charge in [-0.1, -0.05) is 19.3 Å². The minimum absolute atomic E-state index is 0.103. The van der Waals surface area contributed by atoms with Crippen LogP contribution in [0.25, 0.3) is 0 Å². The third-order valence-corrected chi connectivity index (χ3v) is 3.79. The van der Waals surface area contributed by atoms with Crippen molar-refractivity contribution in [3.63, 3.8) is 0 Å². The topological polar surface area (TPSA) is 71.8 Å². The summed E-state index contributed by atoms with van der Waals surface area (Å²) < 4.78 is 1.69. The number of carbonyl (C=O) groups excluding carboxylic acids is 1. The van der Waals surface area contributed by atoms with Gasteiger partial charge in [-0.2, -0.15) is 5.10 Å². The molecule has 112 valence electrons. The Labute approximate surface area is 120 Å². The van der Waals surface area contributed by atoms with Crippen molar-refractivity contribution in [3.05, 3.63) is 12.2 Å². The summed E-state index contributed by atoms with van der Waals surface area (Å²) >= 11 is 0. The van der Waals surface area contributed by atoms with E-state index in [-0.39, 0.29) is 11.9 Å². The first-order valence-electron chi connectivity index (χ1n) is 7.53. The molecule has 0 bridgehead atoms. The zero-order chi connectivity index (χ0) is 14.4. The van der Waals surface area contributed by atoms with Crippen molar-refractivity contribution in [2.45, 2.75) is 57.5 Å². The van der Waals surface area contributed by atoms with E-state index in [0.29, 0.717) is 12.6 Å². The molecule has 1 aromatic heterocycles. The molecule has 1 atom stereocenters. The van der Waals surface area contributed by atoms with Crippen molar-refractivity contribution in [3.8, 4) is 0 Å². The van der Waals surface area contributed by atoms with Gasteiger partial charge >= 0.3 is 0 Å². The zero-order valence-electron chi connectivity index (χ0n) is 12.4. The van der Waals surface area contributed by atoms with E-state index in [9.17, 15) is 4.79 Å². The second-order valence-corrected chi connectivity index (χ2v) is 5.60. The SMILES string of the molecule is CC(NCCc1ncn(C)n1)C(=O)NC1CCCCC1. The number of amides is 1. The first kappa shape index (κ1) is 15.0. The lowest BCUT2D eigenvalue weighted by Gasteiger charge is -2.24. The monoisotopic (exact) mass is 279 g/mol. The van der Waals surface area contributed by atoms with Crippen LogP contribution in [0.5, 0.6) is 0 Å². The van der Waals surface area contributed by atoms with Gasteiger partial charge in [-0.25, -0.2) is 4.98 Å². The molecule has 0 aromatic carbocycles. The lowest BCUT2D eigenvalue weighted by molar-refractivity contribution is -0.123. The number of aryl methyl sites for hydroxylation is 1. The summed E-state index contributed by atoms with van der Waals surface area (Å²) in [5.74, 6) is 0.908. The van der Waals surface area contributed by atoms with Crippen LogP contribution in [0.4, 0.5) is 0 Å². The average Bonchev–Trinajstić information content (AvgIpc) is 2.85. The predicted octanol–water partition coefficient (Wildman–Crippen LogP) is 0.785. The molecule has 20 heavy (non-hydrogen) atoms. The molecule has 2 rings (SSSR count). The summed E-state index contributed by atoms with van der Waals surface area (Å²) in [6, 6.07) is 0.207. The molecular weight excluding hydrogens is 254 g/mol. The Morgan fingerprint density at radius 3 is 2.85 bits per heavy atom. The average molecular weight is 279 g/mol. The third kappa shape index (κ3) is 4.59. The van der Waals surface area contributed by atoms with Crippen LogP contribution < -0.4 is 10.6 Å². The van der Waals surface area contributed by atoms with Crippen LogP contribution in [0.3, 0.4) is 0 Å². The second-order valence-electron chi connectivity index (χ2n) is 5.60. The normalized spacial score (nSPS) is 17.9. The van der Waals surface area contributed by atoms with E-state index in [1.807, 2.05) is 14.0 Å². The van der Waals surface area contributed by atoms with Crippen LogP contribution in [-0.2, 0) is 18.3 Å². The van der Waals surface area contributed by atoms with E-state index in [1.165, 1.54) is 19.3 Å². The van der Waals surface area contributed by atoms with Crippen LogP contribution in [0.2, 0.25) is 0 Å². The standard InChI is InChI=1S/C14H25N5O/c1-11(14(20)17-12-6-4-3-5-7-12)15-9-8-13-16-10-19(2)18-13/h10-12,15H,3-9H2,1-2H3,(H,17,20). The fourth-order valence-corrected chi connectivity index (χ4v) is 2.56. The molecule has 0 aliphatic heterocycles. The van der Waals surface area contributed by atoms with Crippen LogP contribution in [0.1, 0.15) is 44.9 Å². The highest BCUT2D eigenvalue weighted by molar-refractivity contribution is 5.81. The maximum atomic E-state index is 12.0. The molecule has 6 nitrogen and oxygen atoms in total. The number of nitrogens with zero attached hydrogens (tertiary/aromatic N) is 3. The quantitative estimate of drug-likeness (QED) is 0.807. The minimum atomic E-state index is -0.166. The molecule has 6 heteroatoms. The number of carbonyl (C=O) groups is 1. The fraction of sp³-hybridized carbons (Fsp3) is 0.786. The van der Waals surface area contributed by atoms with E-state index in [1.54, 1.807) is 11.0 Å². The molecule has 1 aromatic rings. The predicted molar refractivity (Wildman–Crippen MR) is 77.2 cm³/mol. The summed E-state index contributed by atoms with van der Waals surface area (Å²) in [7, 11) is 1.85. The highest BCUT2D eigenvalue weighted by Crippen LogP contribution is 2.17. The minimum Gasteiger partial charge on any atom is -0.352 e. The van der Waals surface area contributed by atoms with Crippen molar-refractivity contribution in [2.24, 2.45) is 7.05 Å². The lowest BCUT2D eigenvalue weighted by atomic mass is 9.95. The number of hydrogen-bond donors (Lipinski definition) is 2. The Hall–Kier alpha value is -1.43. The van der Waals surface area contributed by atoms with Gasteiger partial charge in [0, 0.05) is 26.1 Å². The summed E-state index contributed by atoms with van der Waals surface area (Å²) in [6.45, 7) is 2.62. The van der Waals surface area contributed by atoms with E-state index in [4.69, 9.17) is 0 Å². The largest absolute Gasteiger partial charge is 0.352 e. The van der Waals surface area contributed by atoms with E-state index < -0.39 is 0 Å². The Kier molecular flexibility index (Phi) is 5.52. The van der Waals surface area contributed by atoms with Gasteiger partial charge in [-0.05, 0) is 19.8 Å². The van der Waals surface area contributed by atoms with Gasteiger partial charge in [0.15, 0.2) is 5.82 Å².